The molecule has 0 aliphatic carbocycles. The third-order valence-electron chi connectivity index (χ3n) is 6.64. The minimum absolute atomic E-state index is 0.0483. The molecule has 6 aromatic carbocycles. The van der Waals surface area contributed by atoms with E-state index in [0.29, 0.717) is 11.4 Å². The first kappa shape index (κ1) is 15.2. The molecule has 0 amide bonds. The zero-order chi connectivity index (χ0) is 32.3. The molecule has 2 nitrogen and oxygen atoms in total. The summed E-state index contributed by atoms with van der Waals surface area (Å²) >= 11 is 0. The Morgan fingerprint density at radius 2 is 1.05 bits per heavy atom. The highest BCUT2D eigenvalue weighted by molar-refractivity contribution is 6.09. The fourth-order valence-electron chi connectivity index (χ4n) is 4.95. The lowest BCUT2D eigenvalue weighted by atomic mass is 9.95. The summed E-state index contributed by atoms with van der Waals surface area (Å²) in [5.74, 6) is 0. The van der Waals surface area contributed by atoms with Gasteiger partial charge in [-0.05, 0) is 41.4 Å². The quantitative estimate of drug-likeness (QED) is 0.252. The predicted molar refractivity (Wildman–Crippen MR) is 161 cm³/mol. The molecule has 7 rings (SSSR count). The first-order valence-electron chi connectivity index (χ1n) is 16.3. The van der Waals surface area contributed by atoms with Crippen molar-refractivity contribution in [3.8, 4) is 27.9 Å². The van der Waals surface area contributed by atoms with Crippen LogP contribution in [0.25, 0.3) is 49.7 Å². The van der Waals surface area contributed by atoms with E-state index in [1.807, 2.05) is 91.0 Å². The van der Waals surface area contributed by atoms with E-state index >= 15 is 0 Å². The predicted octanol–water partition coefficient (Wildman–Crippen LogP) is 9.86. The Labute approximate surface area is 233 Å². The molecule has 0 atom stereocenters. The highest BCUT2D eigenvalue weighted by Gasteiger charge is 2.14. The maximum atomic E-state index is 8.83. The van der Waals surface area contributed by atoms with Crippen molar-refractivity contribution in [2.24, 2.45) is 0 Å². The van der Waals surface area contributed by atoms with Crippen LogP contribution in [0.1, 0.15) is 11.0 Å². The fourth-order valence-corrected chi connectivity index (χ4v) is 4.95. The molecular formula is C36H26N2. The monoisotopic (exact) mass is 494 g/mol. The van der Waals surface area contributed by atoms with E-state index < -0.39 is 24.2 Å². The van der Waals surface area contributed by atoms with Crippen LogP contribution in [0, 0.1) is 0 Å². The molecule has 0 radical (unpaired) electrons. The van der Waals surface area contributed by atoms with Crippen molar-refractivity contribution in [1.82, 2.24) is 4.57 Å². The maximum Gasteiger partial charge on any atom is 0.0645 e. The number of rotatable bonds is 5. The molecule has 0 saturated carbocycles. The van der Waals surface area contributed by atoms with Crippen LogP contribution >= 0.6 is 0 Å². The van der Waals surface area contributed by atoms with Crippen LogP contribution in [-0.2, 0) is 0 Å². The van der Waals surface area contributed by atoms with Crippen molar-refractivity contribution in [3.05, 3.63) is 151 Å². The van der Waals surface area contributed by atoms with E-state index in [4.69, 9.17) is 11.0 Å². The molecule has 0 saturated heterocycles. The summed E-state index contributed by atoms with van der Waals surface area (Å²) in [5.41, 5.74) is 6.18. The Kier molecular flexibility index (Phi) is 3.78. The molecule has 1 N–H and O–H groups in total. The fraction of sp³-hybridized carbons (Fsp3) is 0. The van der Waals surface area contributed by atoms with Crippen molar-refractivity contribution in [2.75, 3.05) is 5.32 Å². The minimum atomic E-state index is -0.467. The van der Waals surface area contributed by atoms with Gasteiger partial charge in [-0.25, -0.2) is 0 Å². The molecule has 2 heteroatoms. The van der Waals surface area contributed by atoms with Crippen LogP contribution in [0.4, 0.5) is 11.4 Å². The summed E-state index contributed by atoms with van der Waals surface area (Å²) in [7, 11) is 0. The first-order chi connectivity index (χ1) is 22.2. The van der Waals surface area contributed by atoms with Gasteiger partial charge in [0.15, 0.2) is 0 Å². The number of benzene rings is 6. The number of anilines is 2. The molecule has 0 aliphatic heterocycles. The molecule has 0 unspecified atom stereocenters. The minimum Gasteiger partial charge on any atom is -0.354 e. The Morgan fingerprint density at radius 1 is 0.526 bits per heavy atom. The smallest absolute Gasteiger partial charge is 0.0645 e. The number of nitrogens with one attached hydrogen (secondary N) is 1. The van der Waals surface area contributed by atoms with Crippen LogP contribution in [0.3, 0.4) is 0 Å². The van der Waals surface area contributed by atoms with E-state index in [1.54, 1.807) is 12.1 Å². The van der Waals surface area contributed by atoms with Gasteiger partial charge in [0.2, 0.25) is 0 Å². The number of fused-ring (bicyclic) bond motifs is 3. The third-order valence-corrected chi connectivity index (χ3v) is 6.64. The SMILES string of the molecule is [2H]c1c([2H])c([2H])c2c(c1[2H])c1c([2H])c([2H])c([2H])c([2H])c1n2-c1cccc(Nc2c(-c3ccccc3)cccc2-c2ccccc2)c1. The Bertz CT molecular complexity index is 2180. The topological polar surface area (TPSA) is 17.0 Å². The Balaban J connectivity index is 1.50. The highest BCUT2D eigenvalue weighted by Crippen LogP contribution is 2.39. The Morgan fingerprint density at radius 3 is 1.63 bits per heavy atom. The summed E-state index contributed by atoms with van der Waals surface area (Å²) in [6.45, 7) is 0. The molecule has 0 aliphatic rings. The number of hydrogen-bond acceptors (Lipinski definition) is 1. The molecule has 0 spiro atoms. The maximum absolute atomic E-state index is 8.83. The van der Waals surface area contributed by atoms with Crippen molar-refractivity contribution >= 4 is 33.2 Å². The van der Waals surface area contributed by atoms with Gasteiger partial charge in [0.25, 0.3) is 0 Å². The van der Waals surface area contributed by atoms with E-state index in [1.165, 1.54) is 4.57 Å². The number of aromatic nitrogens is 1. The largest absolute Gasteiger partial charge is 0.354 e. The second-order valence-electron chi connectivity index (χ2n) is 8.92. The molecule has 0 fully saturated rings. The summed E-state index contributed by atoms with van der Waals surface area (Å²) in [6, 6.07) is 30.2. The van der Waals surface area contributed by atoms with Gasteiger partial charge in [0.1, 0.15) is 0 Å². The van der Waals surface area contributed by atoms with Crippen molar-refractivity contribution in [1.29, 1.82) is 0 Å². The average Bonchev–Trinajstić information content (AvgIpc) is 3.45. The molecule has 1 heterocycles. The van der Waals surface area contributed by atoms with Gasteiger partial charge in [-0.1, -0.05) is 121 Å². The zero-order valence-corrected chi connectivity index (χ0v) is 20.3. The Hall–Kier alpha value is -5.08. The van der Waals surface area contributed by atoms with Crippen LogP contribution in [0.5, 0.6) is 0 Å². The van der Waals surface area contributed by atoms with Crippen LogP contribution in [-0.4, -0.2) is 4.57 Å². The molecule has 38 heavy (non-hydrogen) atoms. The third kappa shape index (κ3) is 3.84. The van der Waals surface area contributed by atoms with Gasteiger partial charge in [0, 0.05) is 33.3 Å². The normalized spacial score (nSPS) is 14.1. The zero-order valence-electron chi connectivity index (χ0n) is 28.3. The lowest BCUT2D eigenvalue weighted by Gasteiger charge is -2.18. The standard InChI is InChI=1S/C36H26N2/c1-3-13-26(14-4-1)30-21-12-22-31(27-15-5-2-6-16-27)36(30)37-28-17-11-18-29(25-28)38-34-23-9-7-19-32(34)33-20-8-10-24-35(33)38/h1-25,37H/i7D,8D,9D,10D,19D,20D,23D,24D. The average molecular weight is 495 g/mol. The van der Waals surface area contributed by atoms with Crippen LogP contribution in [0.15, 0.2) is 151 Å². The second kappa shape index (κ2) is 9.42. The number of nitrogens with zero attached hydrogens (tertiary/aromatic N) is 1. The summed E-state index contributed by atoms with van der Waals surface area (Å²) < 4.78 is 70.0. The van der Waals surface area contributed by atoms with Gasteiger partial charge in [-0.3, -0.25) is 0 Å². The molecular weight excluding hydrogens is 460 g/mol. The molecule has 1 aromatic heterocycles. The van der Waals surface area contributed by atoms with Gasteiger partial charge >= 0.3 is 0 Å². The van der Waals surface area contributed by atoms with Crippen LogP contribution < -0.4 is 5.32 Å². The molecule has 0 bridgehead atoms. The molecule has 7 aromatic rings. The number of para-hydroxylation sites is 3. The summed E-state index contributed by atoms with van der Waals surface area (Å²) in [4.78, 5) is 0. The van der Waals surface area contributed by atoms with Gasteiger partial charge in [0.05, 0.1) is 27.7 Å². The van der Waals surface area contributed by atoms with Gasteiger partial charge in [-0.2, -0.15) is 0 Å². The van der Waals surface area contributed by atoms with Crippen molar-refractivity contribution < 1.29 is 11.0 Å². The van der Waals surface area contributed by atoms with Gasteiger partial charge in [-0.15, -0.1) is 0 Å². The lowest BCUT2D eigenvalue weighted by molar-refractivity contribution is 1.18. The van der Waals surface area contributed by atoms with E-state index in [9.17, 15) is 0 Å². The summed E-state index contributed by atoms with van der Waals surface area (Å²) in [6.07, 6.45) is 0. The van der Waals surface area contributed by atoms with Crippen LogP contribution in [0.2, 0.25) is 0 Å². The molecule has 180 valence electrons. The lowest BCUT2D eigenvalue weighted by Crippen LogP contribution is -1.99. The van der Waals surface area contributed by atoms with E-state index in [2.05, 4.69) is 5.32 Å². The van der Waals surface area contributed by atoms with Crippen molar-refractivity contribution in [3.63, 3.8) is 0 Å². The summed E-state index contributed by atoms with van der Waals surface area (Å²) in [5, 5.41) is 3.71. The van der Waals surface area contributed by atoms with Gasteiger partial charge < -0.3 is 9.88 Å². The van der Waals surface area contributed by atoms with Crippen molar-refractivity contribution in [2.45, 2.75) is 0 Å². The second-order valence-corrected chi connectivity index (χ2v) is 8.92. The van der Waals surface area contributed by atoms with E-state index in [0.717, 1.165) is 27.9 Å². The van der Waals surface area contributed by atoms with E-state index in [-0.39, 0.29) is 46.0 Å². The number of hydrogen-bond donors (Lipinski definition) is 1. The highest BCUT2D eigenvalue weighted by atomic mass is 15.0. The first-order valence-corrected chi connectivity index (χ1v) is 12.3.